The largest absolute Gasteiger partial charge is 0.313 e. The number of hydrogen-bond acceptors (Lipinski definition) is 2. The van der Waals surface area contributed by atoms with Crippen LogP contribution in [0.15, 0.2) is 46.2 Å². The smallest absolute Gasteiger partial charge is 0.126 e. The van der Waals surface area contributed by atoms with Crippen molar-refractivity contribution < 1.29 is 4.39 Å². The van der Waals surface area contributed by atoms with Crippen LogP contribution >= 0.6 is 11.8 Å². The Morgan fingerprint density at radius 2 is 1.90 bits per heavy atom. The zero-order chi connectivity index (χ0) is 14.7. The number of halogens is 1. The van der Waals surface area contributed by atoms with Gasteiger partial charge in [-0.3, -0.25) is 0 Å². The highest BCUT2D eigenvalue weighted by Crippen LogP contribution is 2.35. The van der Waals surface area contributed by atoms with Gasteiger partial charge in [0.1, 0.15) is 5.82 Å². The third-order valence-corrected chi connectivity index (χ3v) is 4.47. The van der Waals surface area contributed by atoms with E-state index in [1.54, 1.807) is 17.8 Å². The monoisotopic (exact) mass is 289 g/mol. The molecule has 20 heavy (non-hydrogen) atoms. The molecule has 0 heterocycles. The van der Waals surface area contributed by atoms with Crippen molar-refractivity contribution in [1.82, 2.24) is 5.32 Å². The van der Waals surface area contributed by atoms with E-state index in [0.717, 1.165) is 10.5 Å². The minimum atomic E-state index is -0.143. The van der Waals surface area contributed by atoms with Gasteiger partial charge >= 0.3 is 0 Å². The summed E-state index contributed by atoms with van der Waals surface area (Å²) in [5.41, 5.74) is 2.92. The summed E-state index contributed by atoms with van der Waals surface area (Å²) in [6.07, 6.45) is 0. The highest BCUT2D eigenvalue weighted by atomic mass is 32.2. The fourth-order valence-corrected chi connectivity index (χ4v) is 3.29. The zero-order valence-electron chi connectivity index (χ0n) is 12.3. The molecule has 1 N–H and O–H groups in total. The van der Waals surface area contributed by atoms with Gasteiger partial charge in [-0.05, 0) is 63.2 Å². The van der Waals surface area contributed by atoms with Crippen LogP contribution in [0.1, 0.15) is 29.7 Å². The van der Waals surface area contributed by atoms with E-state index in [2.05, 4.69) is 36.5 Å². The van der Waals surface area contributed by atoms with Crippen LogP contribution in [0, 0.1) is 19.7 Å². The van der Waals surface area contributed by atoms with Gasteiger partial charge in [0, 0.05) is 15.8 Å². The van der Waals surface area contributed by atoms with Crippen LogP contribution < -0.4 is 5.32 Å². The van der Waals surface area contributed by atoms with E-state index in [1.165, 1.54) is 10.5 Å². The number of rotatable bonds is 4. The molecule has 0 aliphatic heterocycles. The summed E-state index contributed by atoms with van der Waals surface area (Å²) in [5.74, 6) is -0.143. The first-order chi connectivity index (χ1) is 9.51. The average molecular weight is 289 g/mol. The molecule has 0 saturated carbocycles. The molecule has 1 atom stereocenters. The lowest BCUT2D eigenvalue weighted by atomic mass is 10.1. The normalized spacial score (nSPS) is 12.4. The van der Waals surface area contributed by atoms with Crippen LogP contribution in [-0.4, -0.2) is 7.05 Å². The number of hydrogen-bond donors (Lipinski definition) is 1. The second-order valence-corrected chi connectivity index (χ2v) is 6.18. The summed E-state index contributed by atoms with van der Waals surface area (Å²) in [5, 5.41) is 3.19. The summed E-state index contributed by atoms with van der Waals surface area (Å²) in [6, 6.07) is 12.1. The highest BCUT2D eigenvalue weighted by Gasteiger charge is 2.13. The van der Waals surface area contributed by atoms with Crippen molar-refractivity contribution in [2.75, 3.05) is 7.05 Å². The Morgan fingerprint density at radius 1 is 1.15 bits per heavy atom. The molecule has 0 aliphatic rings. The average Bonchev–Trinajstić information content (AvgIpc) is 2.42. The van der Waals surface area contributed by atoms with Crippen molar-refractivity contribution in [3.8, 4) is 0 Å². The van der Waals surface area contributed by atoms with Crippen LogP contribution in [0.25, 0.3) is 0 Å². The summed E-state index contributed by atoms with van der Waals surface area (Å²) in [6.45, 7) is 5.94. The van der Waals surface area contributed by atoms with Crippen molar-refractivity contribution in [2.24, 2.45) is 0 Å². The van der Waals surface area contributed by atoms with E-state index < -0.39 is 0 Å². The van der Waals surface area contributed by atoms with Gasteiger partial charge in [0.2, 0.25) is 0 Å². The quantitative estimate of drug-likeness (QED) is 0.861. The Kier molecular flexibility index (Phi) is 4.84. The molecular formula is C17H20FNS. The second-order valence-electron chi connectivity index (χ2n) is 5.07. The standard InChI is InChI=1S/C17H20FNS/c1-11-6-5-7-14(8-11)20-17-9-12(2)16(18)10-15(17)13(3)19-4/h5-10,13,19H,1-4H3. The molecule has 3 heteroatoms. The molecule has 2 aromatic rings. The van der Waals surface area contributed by atoms with E-state index >= 15 is 0 Å². The molecule has 2 aromatic carbocycles. The molecule has 0 amide bonds. The summed E-state index contributed by atoms with van der Waals surface area (Å²) in [7, 11) is 1.89. The van der Waals surface area contributed by atoms with Gasteiger partial charge in [-0.15, -0.1) is 0 Å². The minimum absolute atomic E-state index is 0.123. The molecule has 106 valence electrons. The van der Waals surface area contributed by atoms with Crippen molar-refractivity contribution in [3.05, 3.63) is 58.9 Å². The Morgan fingerprint density at radius 3 is 2.55 bits per heavy atom. The molecule has 0 spiro atoms. The predicted molar refractivity (Wildman–Crippen MR) is 83.9 cm³/mol. The van der Waals surface area contributed by atoms with E-state index in [9.17, 15) is 4.39 Å². The third-order valence-electron chi connectivity index (χ3n) is 3.41. The van der Waals surface area contributed by atoms with Crippen molar-refractivity contribution in [3.63, 3.8) is 0 Å². The Bertz CT molecular complexity index is 610. The number of aryl methyl sites for hydroxylation is 2. The molecular weight excluding hydrogens is 269 g/mol. The maximum Gasteiger partial charge on any atom is 0.126 e. The summed E-state index contributed by atoms with van der Waals surface area (Å²) < 4.78 is 13.8. The van der Waals surface area contributed by atoms with Gasteiger partial charge < -0.3 is 5.32 Å². The SMILES string of the molecule is CNC(C)c1cc(F)c(C)cc1Sc1cccc(C)c1. The molecule has 2 rings (SSSR count). The molecule has 0 aromatic heterocycles. The fourth-order valence-electron chi connectivity index (χ4n) is 2.06. The lowest BCUT2D eigenvalue weighted by Gasteiger charge is -2.17. The first-order valence-electron chi connectivity index (χ1n) is 6.73. The van der Waals surface area contributed by atoms with E-state index in [0.29, 0.717) is 5.56 Å². The van der Waals surface area contributed by atoms with Gasteiger partial charge in [-0.2, -0.15) is 0 Å². The molecule has 1 nitrogen and oxygen atoms in total. The summed E-state index contributed by atoms with van der Waals surface area (Å²) >= 11 is 1.69. The topological polar surface area (TPSA) is 12.0 Å². The minimum Gasteiger partial charge on any atom is -0.313 e. The van der Waals surface area contributed by atoms with Gasteiger partial charge in [-0.1, -0.05) is 29.5 Å². The number of nitrogens with one attached hydrogen (secondary N) is 1. The molecule has 0 aliphatic carbocycles. The predicted octanol–water partition coefficient (Wildman–Crippen LogP) is 4.87. The Labute approximate surface area is 124 Å². The van der Waals surface area contributed by atoms with E-state index in [-0.39, 0.29) is 11.9 Å². The fraction of sp³-hybridized carbons (Fsp3) is 0.294. The zero-order valence-corrected chi connectivity index (χ0v) is 13.1. The molecule has 0 bridgehead atoms. The molecule has 1 unspecified atom stereocenters. The van der Waals surface area contributed by atoms with Crippen molar-refractivity contribution in [2.45, 2.75) is 36.6 Å². The third kappa shape index (κ3) is 3.41. The highest BCUT2D eigenvalue weighted by molar-refractivity contribution is 7.99. The Hall–Kier alpha value is -1.32. The van der Waals surface area contributed by atoms with Crippen LogP contribution in [0.4, 0.5) is 4.39 Å². The van der Waals surface area contributed by atoms with Crippen molar-refractivity contribution in [1.29, 1.82) is 0 Å². The van der Waals surface area contributed by atoms with E-state index in [4.69, 9.17) is 0 Å². The maximum atomic E-state index is 13.8. The lowest BCUT2D eigenvalue weighted by Crippen LogP contribution is -2.13. The summed E-state index contributed by atoms with van der Waals surface area (Å²) in [4.78, 5) is 2.29. The van der Waals surface area contributed by atoms with E-state index in [1.807, 2.05) is 27.0 Å². The second kappa shape index (κ2) is 6.42. The van der Waals surface area contributed by atoms with Crippen molar-refractivity contribution >= 4 is 11.8 Å². The van der Waals surface area contributed by atoms with Gasteiger partial charge in [0.15, 0.2) is 0 Å². The van der Waals surface area contributed by atoms with Crippen LogP contribution in [0.2, 0.25) is 0 Å². The first kappa shape index (κ1) is 15.1. The molecule has 0 fully saturated rings. The maximum absolute atomic E-state index is 13.8. The number of benzene rings is 2. The molecule has 0 radical (unpaired) electrons. The van der Waals surface area contributed by atoms with Gasteiger partial charge in [0.05, 0.1) is 0 Å². The Balaban J connectivity index is 2.41. The van der Waals surface area contributed by atoms with Gasteiger partial charge in [0.25, 0.3) is 0 Å². The van der Waals surface area contributed by atoms with Gasteiger partial charge in [-0.25, -0.2) is 4.39 Å². The first-order valence-corrected chi connectivity index (χ1v) is 7.54. The molecule has 0 saturated heterocycles. The van der Waals surface area contributed by atoms with Crippen LogP contribution in [0.5, 0.6) is 0 Å². The lowest BCUT2D eigenvalue weighted by molar-refractivity contribution is 0.594. The van der Waals surface area contributed by atoms with Crippen LogP contribution in [-0.2, 0) is 0 Å². The van der Waals surface area contributed by atoms with Crippen LogP contribution in [0.3, 0.4) is 0 Å².